The smallest absolute Gasteiger partial charge is 0.193 e. The average molecular weight is 495 g/mol. The first-order chi connectivity index (χ1) is 15.5. The fourth-order valence-electron chi connectivity index (χ4n) is 5.30. The Balaban J connectivity index is 5.15. The number of rotatable bonds is 17. The summed E-state index contributed by atoms with van der Waals surface area (Å²) < 4.78 is 12.8. The van der Waals surface area contributed by atoms with Crippen LogP contribution in [0.15, 0.2) is 25.3 Å². The lowest BCUT2D eigenvalue weighted by molar-refractivity contribution is -0.0667. The van der Waals surface area contributed by atoms with Crippen LogP contribution in [0.5, 0.6) is 0 Å². The standard InChI is InChI=1S/C28H54O3Si2/c1-12-26(20-18-17-19-21-33(23(6)7,24(8)9)25(10)11)30-28(22-29)27(13-2)31-32(14-3,15-4)16-5/h12-13,23-29H,1-2,14-18,20,22H2,3-11H3/t26-,27-,28-/m0/s1. The molecule has 3 atom stereocenters. The van der Waals surface area contributed by atoms with Crippen LogP contribution in [0.3, 0.4) is 0 Å². The van der Waals surface area contributed by atoms with Gasteiger partial charge in [-0.25, -0.2) is 0 Å². The van der Waals surface area contributed by atoms with Gasteiger partial charge in [0, 0.05) is 6.42 Å². The van der Waals surface area contributed by atoms with Gasteiger partial charge in [0.05, 0.1) is 18.8 Å². The van der Waals surface area contributed by atoms with E-state index in [1.807, 2.05) is 6.08 Å². The van der Waals surface area contributed by atoms with Crippen LogP contribution >= 0.6 is 0 Å². The topological polar surface area (TPSA) is 38.7 Å². The summed E-state index contributed by atoms with van der Waals surface area (Å²) in [5.41, 5.74) is 5.76. The molecule has 0 aromatic heterocycles. The van der Waals surface area contributed by atoms with E-state index in [1.54, 1.807) is 6.08 Å². The zero-order valence-electron chi connectivity index (χ0n) is 23.2. The zero-order chi connectivity index (χ0) is 25.7. The van der Waals surface area contributed by atoms with Crippen LogP contribution in [0.2, 0.25) is 34.8 Å². The molecule has 0 radical (unpaired) electrons. The molecule has 0 rings (SSSR count). The van der Waals surface area contributed by atoms with Gasteiger partial charge in [0.1, 0.15) is 14.2 Å². The molecule has 0 fully saturated rings. The first-order valence-corrected chi connectivity index (χ1v) is 18.0. The average Bonchev–Trinajstić information content (AvgIpc) is 2.79. The van der Waals surface area contributed by atoms with Crippen LogP contribution in [-0.2, 0) is 9.16 Å². The van der Waals surface area contributed by atoms with Gasteiger partial charge in [0.25, 0.3) is 0 Å². The molecule has 0 aromatic carbocycles. The number of hydrogen-bond acceptors (Lipinski definition) is 3. The normalized spacial score (nSPS) is 15.3. The van der Waals surface area contributed by atoms with Crippen LogP contribution in [0.1, 0.15) is 81.6 Å². The van der Waals surface area contributed by atoms with E-state index < -0.39 is 22.5 Å². The minimum absolute atomic E-state index is 0.0895. The second-order valence-corrected chi connectivity index (χ2v) is 20.6. The molecule has 0 aromatic rings. The van der Waals surface area contributed by atoms with Crippen molar-refractivity contribution in [3.63, 3.8) is 0 Å². The highest BCUT2D eigenvalue weighted by atomic mass is 28.4. The number of unbranched alkanes of at least 4 members (excludes halogenated alkanes) is 1. The molecule has 0 aliphatic heterocycles. The Kier molecular flexibility index (Phi) is 15.8. The third-order valence-corrected chi connectivity index (χ3v) is 18.7. The second-order valence-electron chi connectivity index (χ2n) is 10.3. The number of aliphatic hydroxyl groups excluding tert-OH is 1. The van der Waals surface area contributed by atoms with Crippen LogP contribution in [0.25, 0.3) is 0 Å². The summed E-state index contributed by atoms with van der Waals surface area (Å²) in [6.45, 7) is 28.6. The highest BCUT2D eigenvalue weighted by Gasteiger charge is 2.41. The lowest BCUT2D eigenvalue weighted by Gasteiger charge is -2.38. The van der Waals surface area contributed by atoms with E-state index in [0.29, 0.717) is 16.6 Å². The van der Waals surface area contributed by atoms with E-state index in [1.165, 1.54) is 0 Å². The first kappa shape index (κ1) is 32.4. The Labute approximate surface area is 208 Å². The number of ether oxygens (including phenoxy) is 1. The molecule has 0 spiro atoms. The van der Waals surface area contributed by atoms with Crippen LogP contribution < -0.4 is 0 Å². The van der Waals surface area contributed by atoms with Gasteiger partial charge in [-0.1, -0.05) is 74.5 Å². The van der Waals surface area contributed by atoms with E-state index in [0.717, 1.165) is 37.4 Å². The van der Waals surface area contributed by atoms with Gasteiger partial charge in [0.15, 0.2) is 8.32 Å². The van der Waals surface area contributed by atoms with Crippen molar-refractivity contribution in [2.45, 2.75) is 135 Å². The fraction of sp³-hybridized carbons (Fsp3) is 0.786. The van der Waals surface area contributed by atoms with Gasteiger partial charge in [-0.2, -0.15) is 0 Å². The van der Waals surface area contributed by atoms with Crippen molar-refractivity contribution in [2.24, 2.45) is 0 Å². The van der Waals surface area contributed by atoms with Crippen LogP contribution in [0, 0.1) is 11.5 Å². The predicted octanol–water partition coefficient (Wildman–Crippen LogP) is 7.89. The molecule has 0 saturated heterocycles. The van der Waals surface area contributed by atoms with Gasteiger partial charge < -0.3 is 14.3 Å². The molecular weight excluding hydrogens is 440 g/mol. The summed E-state index contributed by atoms with van der Waals surface area (Å²) in [7, 11) is -3.49. The molecule has 0 amide bonds. The molecule has 0 aliphatic rings. The van der Waals surface area contributed by atoms with Crippen molar-refractivity contribution < 1.29 is 14.3 Å². The molecule has 192 valence electrons. The van der Waals surface area contributed by atoms with Crippen molar-refractivity contribution >= 4 is 16.4 Å². The minimum atomic E-state index is -1.83. The summed E-state index contributed by atoms with van der Waals surface area (Å²) in [6, 6.07) is 3.17. The number of hydrogen-bond donors (Lipinski definition) is 1. The van der Waals surface area contributed by atoms with Gasteiger partial charge in [-0.3, -0.25) is 0 Å². The molecule has 1 N–H and O–H groups in total. The third kappa shape index (κ3) is 9.14. The Hall–Kier alpha value is -0.646. The summed E-state index contributed by atoms with van der Waals surface area (Å²) in [4.78, 5) is 0. The van der Waals surface area contributed by atoms with Crippen molar-refractivity contribution in [3.05, 3.63) is 25.3 Å². The van der Waals surface area contributed by atoms with Gasteiger partial charge in [-0.05, 0) is 47.6 Å². The van der Waals surface area contributed by atoms with Crippen LogP contribution in [-0.4, -0.2) is 46.4 Å². The molecule has 0 unspecified atom stereocenters. The summed E-state index contributed by atoms with van der Waals surface area (Å²) in [5, 5.41) is 10.1. The maximum Gasteiger partial charge on any atom is 0.193 e. The Morgan fingerprint density at radius 2 is 1.39 bits per heavy atom. The van der Waals surface area contributed by atoms with Gasteiger partial charge in [0.2, 0.25) is 0 Å². The molecule has 0 bridgehead atoms. The summed E-state index contributed by atoms with van der Waals surface area (Å²) in [5.74, 6) is 3.54. The Morgan fingerprint density at radius 1 is 0.879 bits per heavy atom. The maximum absolute atomic E-state index is 10.1. The van der Waals surface area contributed by atoms with Crippen molar-refractivity contribution in [3.8, 4) is 11.5 Å². The van der Waals surface area contributed by atoms with Crippen molar-refractivity contribution in [1.82, 2.24) is 0 Å². The van der Waals surface area contributed by atoms with Crippen molar-refractivity contribution in [2.75, 3.05) is 6.61 Å². The van der Waals surface area contributed by atoms with E-state index in [4.69, 9.17) is 9.16 Å². The number of aliphatic hydroxyl groups is 1. The maximum atomic E-state index is 10.1. The van der Waals surface area contributed by atoms with E-state index >= 15 is 0 Å². The molecule has 0 aliphatic carbocycles. The lowest BCUT2D eigenvalue weighted by atomic mass is 10.1. The second kappa shape index (κ2) is 16.1. The van der Waals surface area contributed by atoms with E-state index in [9.17, 15) is 5.11 Å². The van der Waals surface area contributed by atoms with E-state index in [2.05, 4.69) is 86.9 Å². The van der Waals surface area contributed by atoms with Gasteiger partial charge >= 0.3 is 0 Å². The molecule has 0 heterocycles. The summed E-state index contributed by atoms with van der Waals surface area (Å²) >= 11 is 0. The molecule has 33 heavy (non-hydrogen) atoms. The first-order valence-electron chi connectivity index (χ1n) is 13.2. The van der Waals surface area contributed by atoms with Crippen molar-refractivity contribution in [1.29, 1.82) is 0 Å². The Morgan fingerprint density at radius 3 is 1.76 bits per heavy atom. The Bertz CT molecular complexity index is 584. The van der Waals surface area contributed by atoms with E-state index in [-0.39, 0.29) is 18.8 Å². The third-order valence-electron chi connectivity index (χ3n) is 7.67. The predicted molar refractivity (Wildman–Crippen MR) is 151 cm³/mol. The molecule has 0 saturated carbocycles. The SMILES string of the molecule is C=C[C@H](O[Si](CC)(CC)CC)[C@H](CO)O[C@@H](C=C)CCCC#C[Si](C(C)C)(C(C)C)C(C)C. The lowest BCUT2D eigenvalue weighted by Crippen LogP contribution is -2.46. The quantitative estimate of drug-likeness (QED) is 0.0967. The fourth-order valence-corrected chi connectivity index (χ4v) is 13.4. The molecule has 5 heteroatoms. The monoisotopic (exact) mass is 494 g/mol. The highest BCUT2D eigenvalue weighted by Crippen LogP contribution is 2.40. The molecular formula is C28H54O3Si2. The minimum Gasteiger partial charge on any atom is -0.408 e. The summed E-state index contributed by atoms with van der Waals surface area (Å²) in [6.07, 6.45) is 5.47. The highest BCUT2D eigenvalue weighted by molar-refractivity contribution is 6.90. The van der Waals surface area contributed by atoms with Gasteiger partial charge in [-0.15, -0.1) is 24.6 Å². The largest absolute Gasteiger partial charge is 0.408 e. The van der Waals surface area contributed by atoms with Crippen LogP contribution in [0.4, 0.5) is 0 Å². The zero-order valence-corrected chi connectivity index (χ0v) is 25.2. The molecule has 3 nitrogen and oxygen atoms in total.